The van der Waals surface area contributed by atoms with E-state index >= 15 is 0 Å². The molecule has 0 aromatic carbocycles. The third kappa shape index (κ3) is 2.48. The molecule has 17 heavy (non-hydrogen) atoms. The zero-order chi connectivity index (χ0) is 11.5. The summed E-state index contributed by atoms with van der Waals surface area (Å²) < 4.78 is 31.0. The van der Waals surface area contributed by atoms with Crippen LogP contribution in [0, 0.1) is 16.7 Å². The normalized spacial score (nSPS) is 34.1. The number of rotatable bonds is 2. The molecule has 5 nitrogen and oxygen atoms in total. The summed E-state index contributed by atoms with van der Waals surface area (Å²) >= 11 is 0. The van der Waals surface area contributed by atoms with Crippen molar-refractivity contribution >= 4 is 45.5 Å². The molecule has 2 aliphatic rings. The molecule has 2 saturated carbocycles. The van der Waals surface area contributed by atoms with E-state index in [1.165, 1.54) is 0 Å². The van der Waals surface area contributed by atoms with Gasteiger partial charge in [-0.1, -0.05) is 13.8 Å². The molecule has 96 valence electrons. The summed E-state index contributed by atoms with van der Waals surface area (Å²) in [4.78, 5) is 11.9. The van der Waals surface area contributed by atoms with Crippen LogP contribution in [0.2, 0.25) is 0 Å². The number of ketones is 1. The van der Waals surface area contributed by atoms with Crippen LogP contribution in [0.1, 0.15) is 33.1 Å². The Hall–Kier alpha value is 0.540. The maximum atomic E-state index is 11.9. The topological polar surface area (TPSA) is 103 Å². The number of carbonyl (C=O) groups is 1. The van der Waals surface area contributed by atoms with Crippen molar-refractivity contribution in [3.63, 3.8) is 0 Å². The summed E-state index contributed by atoms with van der Waals surface area (Å²) in [5.74, 6) is -0.101. The van der Waals surface area contributed by atoms with Crippen LogP contribution in [0.15, 0.2) is 0 Å². The summed E-state index contributed by atoms with van der Waals surface area (Å²) in [6.45, 7) is 3.89. The molecule has 0 radical (unpaired) electrons. The molecule has 2 unspecified atom stereocenters. The molecule has 0 aromatic heterocycles. The van der Waals surface area contributed by atoms with Gasteiger partial charge < -0.3 is 5.48 Å². The van der Waals surface area contributed by atoms with Gasteiger partial charge in [0, 0.05) is 6.42 Å². The van der Waals surface area contributed by atoms with Crippen molar-refractivity contribution in [1.29, 1.82) is 0 Å². The monoisotopic (exact) mass is 274 g/mol. The molecule has 2 atom stereocenters. The molecule has 0 aromatic rings. The maximum absolute atomic E-state index is 11.9. The van der Waals surface area contributed by atoms with Crippen molar-refractivity contribution in [2.75, 3.05) is 5.75 Å². The molecule has 7 heteroatoms. The molecule has 0 heterocycles. The van der Waals surface area contributed by atoms with Crippen molar-refractivity contribution in [1.82, 2.24) is 0 Å². The van der Waals surface area contributed by atoms with E-state index in [1.54, 1.807) is 0 Å². The van der Waals surface area contributed by atoms with Gasteiger partial charge in [-0.3, -0.25) is 9.35 Å². The van der Waals surface area contributed by atoms with Gasteiger partial charge in [-0.25, -0.2) is 0 Å². The van der Waals surface area contributed by atoms with Crippen molar-refractivity contribution in [3.8, 4) is 0 Å². The van der Waals surface area contributed by atoms with Gasteiger partial charge in [0.25, 0.3) is 10.1 Å². The predicted molar refractivity (Wildman–Crippen MR) is 65.7 cm³/mol. The second-order valence-corrected chi connectivity index (χ2v) is 6.85. The second-order valence-electron chi connectivity index (χ2n) is 5.39. The van der Waals surface area contributed by atoms with Gasteiger partial charge in [-0.2, -0.15) is 8.42 Å². The van der Waals surface area contributed by atoms with Crippen molar-refractivity contribution < 1.29 is 23.2 Å². The van der Waals surface area contributed by atoms with Gasteiger partial charge in [0.05, 0.1) is 11.2 Å². The third-order valence-electron chi connectivity index (χ3n) is 4.57. The van der Waals surface area contributed by atoms with Crippen LogP contribution in [-0.2, 0) is 14.9 Å². The average Bonchev–Trinajstić information content (AvgIpc) is 2.34. The van der Waals surface area contributed by atoms with Crippen molar-refractivity contribution in [2.45, 2.75) is 33.1 Å². The van der Waals surface area contributed by atoms with E-state index in [2.05, 4.69) is 0 Å². The van der Waals surface area contributed by atoms with E-state index in [-0.39, 0.29) is 52.1 Å². The first-order chi connectivity index (χ1) is 6.69. The van der Waals surface area contributed by atoms with E-state index < -0.39 is 21.3 Å². The van der Waals surface area contributed by atoms with E-state index in [0.29, 0.717) is 12.8 Å². The molecular weight excluding hydrogens is 255 g/mol. The Bertz CT molecular complexity index is 416. The minimum absolute atomic E-state index is 0. The SMILES string of the molecule is CC1(C)C2CCC1(CS(=O)(=O)O)C(=O)C2.O.[NaH]. The van der Waals surface area contributed by atoms with Crippen LogP contribution in [-0.4, -0.2) is 59.5 Å². The average molecular weight is 274 g/mol. The minimum atomic E-state index is -4.08. The number of Topliss-reactive ketones (excluding diaryl/α,β-unsaturated/α-hetero) is 1. The number of hydrogen-bond donors (Lipinski definition) is 1. The summed E-state index contributed by atoms with van der Waals surface area (Å²) in [6.07, 6.45) is 1.97. The fourth-order valence-corrected chi connectivity index (χ4v) is 4.72. The molecule has 0 aliphatic heterocycles. The fourth-order valence-electron chi connectivity index (χ4n) is 3.42. The summed E-state index contributed by atoms with van der Waals surface area (Å²) in [5.41, 5.74) is -1.12. The molecule has 0 saturated heterocycles. The van der Waals surface area contributed by atoms with Gasteiger partial charge >= 0.3 is 29.6 Å². The fraction of sp³-hybridized carbons (Fsp3) is 0.900. The summed E-state index contributed by atoms with van der Waals surface area (Å²) in [5, 5.41) is 0. The van der Waals surface area contributed by atoms with Crippen molar-refractivity contribution in [2.24, 2.45) is 16.7 Å². The Kier molecular flexibility index (Phi) is 5.06. The second kappa shape index (κ2) is 4.90. The Morgan fingerprint density at radius 3 is 2.24 bits per heavy atom. The quantitative estimate of drug-likeness (QED) is 0.556. The molecule has 2 aliphatic carbocycles. The van der Waals surface area contributed by atoms with E-state index in [4.69, 9.17) is 4.55 Å². The van der Waals surface area contributed by atoms with E-state index in [1.807, 2.05) is 13.8 Å². The first kappa shape index (κ1) is 17.5. The van der Waals surface area contributed by atoms with Crippen LogP contribution < -0.4 is 0 Å². The zero-order valence-corrected chi connectivity index (χ0v) is 10.3. The Balaban J connectivity index is 0.00000128. The molecule has 2 bridgehead atoms. The number of fused-ring (bicyclic) bond motifs is 2. The summed E-state index contributed by atoms with van der Waals surface area (Å²) in [7, 11) is -4.08. The van der Waals surface area contributed by atoms with Gasteiger partial charge in [-0.15, -0.1) is 0 Å². The van der Waals surface area contributed by atoms with Crippen LogP contribution >= 0.6 is 0 Å². The standard InChI is InChI=1S/C10H16O4S.Na.H2O.H/c1-9(2)7-3-4-10(9,8(11)5-7)6-15(12,13)14;;;/h7H,3-6H2,1-2H3,(H,12,13,14);;1H2;. The van der Waals surface area contributed by atoms with Gasteiger partial charge in [0.2, 0.25) is 0 Å². The zero-order valence-electron chi connectivity index (χ0n) is 9.49. The van der Waals surface area contributed by atoms with Crippen LogP contribution in [0.4, 0.5) is 0 Å². The number of carbonyl (C=O) groups excluding carboxylic acids is 1. The Morgan fingerprint density at radius 2 is 1.94 bits per heavy atom. The number of hydrogen-bond acceptors (Lipinski definition) is 3. The Morgan fingerprint density at radius 1 is 1.41 bits per heavy atom. The van der Waals surface area contributed by atoms with Crippen LogP contribution in [0.5, 0.6) is 0 Å². The first-order valence-corrected chi connectivity index (χ1v) is 6.78. The molecule has 2 rings (SSSR count). The molecular formula is C10H19NaO5S. The van der Waals surface area contributed by atoms with E-state index in [0.717, 1.165) is 6.42 Å². The molecule has 0 amide bonds. The van der Waals surface area contributed by atoms with Crippen LogP contribution in [0.25, 0.3) is 0 Å². The van der Waals surface area contributed by atoms with Gasteiger partial charge in [0.1, 0.15) is 5.78 Å². The van der Waals surface area contributed by atoms with E-state index in [9.17, 15) is 13.2 Å². The van der Waals surface area contributed by atoms with Gasteiger partial charge in [-0.05, 0) is 24.2 Å². The molecule has 2 fully saturated rings. The molecule has 3 N–H and O–H groups in total. The molecule has 0 spiro atoms. The summed E-state index contributed by atoms with van der Waals surface area (Å²) in [6, 6.07) is 0. The van der Waals surface area contributed by atoms with Crippen molar-refractivity contribution in [3.05, 3.63) is 0 Å². The third-order valence-corrected chi connectivity index (χ3v) is 5.43. The first-order valence-electron chi connectivity index (χ1n) is 5.17. The van der Waals surface area contributed by atoms with Gasteiger partial charge in [0.15, 0.2) is 0 Å². The van der Waals surface area contributed by atoms with Crippen LogP contribution in [0.3, 0.4) is 0 Å². The predicted octanol–water partition coefficient (Wildman–Crippen LogP) is -0.204. The Labute approximate surface area is 124 Å².